The van der Waals surface area contributed by atoms with E-state index in [1.165, 1.54) is 35.4 Å². The molecule has 0 aliphatic heterocycles. The van der Waals surface area contributed by atoms with Crippen molar-refractivity contribution in [2.75, 3.05) is 5.32 Å². The van der Waals surface area contributed by atoms with Gasteiger partial charge in [0.1, 0.15) is 0 Å². The molecule has 1 saturated carbocycles. The number of thiophene rings is 1. The number of nitrogens with one attached hydrogen (secondary N) is 1. The van der Waals surface area contributed by atoms with Gasteiger partial charge in [0.15, 0.2) is 0 Å². The Balaban J connectivity index is 1.84. The molecule has 0 radical (unpaired) electrons. The van der Waals surface area contributed by atoms with Gasteiger partial charge in [-0.25, -0.2) is 0 Å². The zero-order valence-electron chi connectivity index (χ0n) is 10.7. The highest BCUT2D eigenvalue weighted by atomic mass is 32.1. The fourth-order valence-electron chi connectivity index (χ4n) is 2.81. The van der Waals surface area contributed by atoms with Gasteiger partial charge in [-0.1, -0.05) is 31.2 Å². The lowest BCUT2D eigenvalue weighted by molar-refractivity contribution is 0.602. The summed E-state index contributed by atoms with van der Waals surface area (Å²) in [5.41, 5.74) is 2.63. The standard InChI is InChI=1S/C16H19NS/c1-12-8-9-13(11-12)17-15-6-3-2-5-14(15)16-7-4-10-18-16/h2-7,10,12-13,17H,8-9,11H2,1H3. The molecular weight excluding hydrogens is 238 g/mol. The summed E-state index contributed by atoms with van der Waals surface area (Å²) < 4.78 is 0. The maximum Gasteiger partial charge on any atom is 0.0430 e. The van der Waals surface area contributed by atoms with Crippen LogP contribution in [0.2, 0.25) is 0 Å². The fraction of sp³-hybridized carbons (Fsp3) is 0.375. The first-order chi connectivity index (χ1) is 8.83. The van der Waals surface area contributed by atoms with E-state index in [1.54, 1.807) is 0 Å². The van der Waals surface area contributed by atoms with Crippen LogP contribution in [-0.2, 0) is 0 Å². The van der Waals surface area contributed by atoms with Crippen LogP contribution in [-0.4, -0.2) is 6.04 Å². The zero-order valence-corrected chi connectivity index (χ0v) is 11.5. The first-order valence-corrected chi connectivity index (χ1v) is 7.60. The van der Waals surface area contributed by atoms with Crippen LogP contribution in [0.4, 0.5) is 5.69 Å². The topological polar surface area (TPSA) is 12.0 Å². The smallest absolute Gasteiger partial charge is 0.0430 e. The number of anilines is 1. The molecule has 1 aliphatic carbocycles. The highest BCUT2D eigenvalue weighted by molar-refractivity contribution is 7.13. The van der Waals surface area contributed by atoms with Crippen LogP contribution in [0.3, 0.4) is 0 Å². The lowest BCUT2D eigenvalue weighted by Crippen LogP contribution is -2.15. The van der Waals surface area contributed by atoms with E-state index in [-0.39, 0.29) is 0 Å². The third kappa shape index (κ3) is 2.44. The van der Waals surface area contributed by atoms with Crippen molar-refractivity contribution in [2.24, 2.45) is 5.92 Å². The molecule has 1 aromatic heterocycles. The number of hydrogen-bond donors (Lipinski definition) is 1. The third-order valence-corrected chi connectivity index (χ3v) is 4.67. The molecule has 1 nitrogen and oxygen atoms in total. The van der Waals surface area contributed by atoms with Gasteiger partial charge in [-0.2, -0.15) is 0 Å². The molecule has 1 heterocycles. The first-order valence-electron chi connectivity index (χ1n) is 6.72. The van der Waals surface area contributed by atoms with Crippen LogP contribution in [0.5, 0.6) is 0 Å². The molecule has 2 aromatic rings. The highest BCUT2D eigenvalue weighted by Gasteiger charge is 2.21. The molecule has 18 heavy (non-hydrogen) atoms. The summed E-state index contributed by atoms with van der Waals surface area (Å²) in [5, 5.41) is 5.88. The molecule has 94 valence electrons. The predicted octanol–water partition coefficient (Wildman–Crippen LogP) is 5.02. The average Bonchev–Trinajstić information content (AvgIpc) is 3.02. The Hall–Kier alpha value is -1.28. The predicted molar refractivity (Wildman–Crippen MR) is 80.2 cm³/mol. The van der Waals surface area contributed by atoms with E-state index in [0.717, 1.165) is 5.92 Å². The van der Waals surface area contributed by atoms with Gasteiger partial charge in [0.25, 0.3) is 0 Å². The molecule has 2 unspecified atom stereocenters. The second kappa shape index (κ2) is 5.15. The minimum Gasteiger partial charge on any atom is -0.382 e. The lowest BCUT2D eigenvalue weighted by Gasteiger charge is -2.16. The summed E-state index contributed by atoms with van der Waals surface area (Å²) >= 11 is 1.81. The number of rotatable bonds is 3. The van der Waals surface area contributed by atoms with Crippen molar-refractivity contribution in [3.63, 3.8) is 0 Å². The van der Waals surface area contributed by atoms with Crippen molar-refractivity contribution in [2.45, 2.75) is 32.2 Å². The van der Waals surface area contributed by atoms with Crippen molar-refractivity contribution in [3.05, 3.63) is 41.8 Å². The van der Waals surface area contributed by atoms with Crippen LogP contribution in [0.1, 0.15) is 26.2 Å². The Bertz CT molecular complexity index is 504. The van der Waals surface area contributed by atoms with Crippen LogP contribution < -0.4 is 5.32 Å². The lowest BCUT2D eigenvalue weighted by atomic mass is 10.1. The van der Waals surface area contributed by atoms with E-state index in [4.69, 9.17) is 0 Å². The molecule has 1 N–H and O–H groups in total. The Labute approximate surface area is 113 Å². The van der Waals surface area contributed by atoms with E-state index >= 15 is 0 Å². The van der Waals surface area contributed by atoms with E-state index in [2.05, 4.69) is 54.0 Å². The van der Waals surface area contributed by atoms with Crippen molar-refractivity contribution < 1.29 is 0 Å². The molecule has 1 aliphatic rings. The van der Waals surface area contributed by atoms with Crippen molar-refractivity contribution in [3.8, 4) is 10.4 Å². The molecule has 1 aromatic carbocycles. The van der Waals surface area contributed by atoms with Gasteiger partial charge in [-0.3, -0.25) is 0 Å². The van der Waals surface area contributed by atoms with Gasteiger partial charge >= 0.3 is 0 Å². The summed E-state index contributed by atoms with van der Waals surface area (Å²) in [6.45, 7) is 2.35. The largest absolute Gasteiger partial charge is 0.382 e. The monoisotopic (exact) mass is 257 g/mol. The fourth-order valence-corrected chi connectivity index (χ4v) is 3.58. The molecule has 0 bridgehead atoms. The quantitative estimate of drug-likeness (QED) is 0.814. The van der Waals surface area contributed by atoms with Crippen molar-refractivity contribution >= 4 is 17.0 Å². The second-order valence-electron chi connectivity index (χ2n) is 5.28. The van der Waals surface area contributed by atoms with E-state index in [9.17, 15) is 0 Å². The highest BCUT2D eigenvalue weighted by Crippen LogP contribution is 2.34. The molecule has 2 heteroatoms. The average molecular weight is 257 g/mol. The summed E-state index contributed by atoms with van der Waals surface area (Å²) in [7, 11) is 0. The normalized spacial score (nSPS) is 23.2. The van der Waals surface area contributed by atoms with Gasteiger partial charge < -0.3 is 5.32 Å². The third-order valence-electron chi connectivity index (χ3n) is 3.77. The zero-order chi connectivity index (χ0) is 12.4. The minimum atomic E-state index is 0.654. The number of hydrogen-bond acceptors (Lipinski definition) is 2. The van der Waals surface area contributed by atoms with Crippen LogP contribution in [0, 0.1) is 5.92 Å². The minimum absolute atomic E-state index is 0.654. The molecular formula is C16H19NS. The Kier molecular flexibility index (Phi) is 3.37. The summed E-state index contributed by atoms with van der Waals surface area (Å²) in [6.07, 6.45) is 3.97. The van der Waals surface area contributed by atoms with Crippen LogP contribution in [0.25, 0.3) is 10.4 Å². The number of benzene rings is 1. The van der Waals surface area contributed by atoms with Crippen molar-refractivity contribution in [1.82, 2.24) is 0 Å². The maximum absolute atomic E-state index is 3.73. The summed E-state index contributed by atoms with van der Waals surface area (Å²) in [5.74, 6) is 0.872. The van der Waals surface area contributed by atoms with Gasteiger partial charge in [0, 0.05) is 22.2 Å². The van der Waals surface area contributed by atoms with Crippen LogP contribution in [0.15, 0.2) is 41.8 Å². The van der Waals surface area contributed by atoms with E-state index in [0.29, 0.717) is 6.04 Å². The van der Waals surface area contributed by atoms with E-state index in [1.807, 2.05) is 11.3 Å². The molecule has 3 rings (SSSR count). The molecule has 2 atom stereocenters. The van der Waals surface area contributed by atoms with Crippen LogP contribution >= 0.6 is 11.3 Å². The molecule has 1 fully saturated rings. The molecule has 0 amide bonds. The van der Waals surface area contributed by atoms with Gasteiger partial charge in [-0.15, -0.1) is 11.3 Å². The summed E-state index contributed by atoms with van der Waals surface area (Å²) in [6, 6.07) is 13.6. The maximum atomic E-state index is 3.73. The van der Waals surface area contributed by atoms with Gasteiger partial charge in [0.05, 0.1) is 0 Å². The Morgan fingerprint density at radius 3 is 2.72 bits per heavy atom. The summed E-state index contributed by atoms with van der Waals surface area (Å²) in [4.78, 5) is 1.35. The Morgan fingerprint density at radius 2 is 2.00 bits per heavy atom. The SMILES string of the molecule is CC1CCC(Nc2ccccc2-c2cccs2)C1. The second-order valence-corrected chi connectivity index (χ2v) is 6.23. The van der Waals surface area contributed by atoms with Crippen molar-refractivity contribution in [1.29, 1.82) is 0 Å². The molecule has 0 spiro atoms. The molecule has 0 saturated heterocycles. The van der Waals surface area contributed by atoms with E-state index < -0.39 is 0 Å². The van der Waals surface area contributed by atoms with Gasteiger partial charge in [0.2, 0.25) is 0 Å². The first kappa shape index (κ1) is 11.8. The van der Waals surface area contributed by atoms with Gasteiger partial charge in [-0.05, 0) is 42.7 Å². The Morgan fingerprint density at radius 1 is 1.11 bits per heavy atom. The number of para-hydroxylation sites is 1.